The average molecular weight is 839 g/mol. The van der Waals surface area contributed by atoms with Gasteiger partial charge < -0.3 is 34.3 Å². The molecule has 1 saturated heterocycles. The lowest BCUT2D eigenvalue weighted by Gasteiger charge is -2.40. The third-order valence-corrected chi connectivity index (χ3v) is 10.0. The second-order valence-corrected chi connectivity index (χ2v) is 16.1. The van der Waals surface area contributed by atoms with Crippen molar-refractivity contribution in [2.45, 2.75) is 179 Å². The summed E-state index contributed by atoms with van der Waals surface area (Å²) in [6.07, 6.45) is 33.8. The molecule has 332 valence electrons. The lowest BCUT2D eigenvalue weighted by molar-refractivity contribution is -0.297. The summed E-state index contributed by atoms with van der Waals surface area (Å²) in [5.74, 6) is -2.10. The van der Waals surface area contributed by atoms with Crippen molar-refractivity contribution < 1.29 is 56.8 Å². The fourth-order valence-electron chi connectivity index (χ4n) is 5.86. The van der Waals surface area contributed by atoms with Crippen LogP contribution in [0, 0.1) is 0 Å². The van der Waals surface area contributed by atoms with Crippen molar-refractivity contribution in [3.05, 3.63) is 72.9 Å². The predicted octanol–water partition coefficient (Wildman–Crippen LogP) is 8.33. The molecule has 0 radical (unpaired) electrons. The number of hydrogen-bond acceptors (Lipinski definition) is 11. The standard InChI is InChI=1S/C45H74O12S/c1-3-5-7-9-11-13-15-17-19-21-23-25-27-29-31-33-40(46)54-35-38(36-55-45-44(50)43(49)42(48)39(57-45)37-58(51,52)53)56-41(47)34-32-30-28-26-24-22-20-18-16-14-12-10-8-6-4-2/h11-14,17-20,23-26,38-39,42-45,48-50H,3-10,15-16,21-22,27-37H2,1-2H3,(H,51,52,53)/b13-11+,14-12+,19-17+,20-18+,25-23+,26-24+/t38-,39-,42-,43?,44?,45+/m1/s1. The Balaban J connectivity index is 2.55. The van der Waals surface area contributed by atoms with E-state index in [-0.39, 0.29) is 19.4 Å². The van der Waals surface area contributed by atoms with Crippen molar-refractivity contribution in [1.82, 2.24) is 0 Å². The summed E-state index contributed by atoms with van der Waals surface area (Å²) in [4.78, 5) is 25.3. The molecule has 6 atom stereocenters. The van der Waals surface area contributed by atoms with Crippen LogP contribution < -0.4 is 0 Å². The van der Waals surface area contributed by atoms with Crippen molar-refractivity contribution in [2.75, 3.05) is 19.0 Å². The van der Waals surface area contributed by atoms with E-state index in [9.17, 15) is 37.9 Å². The fraction of sp³-hybridized carbons (Fsp3) is 0.689. The van der Waals surface area contributed by atoms with Crippen LogP contribution in [0.3, 0.4) is 0 Å². The SMILES string of the molecule is CCCCC/C=C/C/C=C/C/C=C/CCCCC(=O)OC[C@H](CO[C@H]1O[C@H](CS(=O)(=O)O)[C@@H](O)C(O)C1O)OC(=O)CCCC/C=C/C/C=C/C/C=C/CCCCC. The molecule has 0 spiro atoms. The van der Waals surface area contributed by atoms with Gasteiger partial charge in [0.2, 0.25) is 0 Å². The maximum Gasteiger partial charge on any atom is 0.306 e. The Kier molecular flexibility index (Phi) is 32.0. The van der Waals surface area contributed by atoms with Crippen LogP contribution in [0.25, 0.3) is 0 Å². The van der Waals surface area contributed by atoms with Crippen molar-refractivity contribution in [2.24, 2.45) is 0 Å². The highest BCUT2D eigenvalue weighted by Gasteiger charge is 2.46. The molecule has 13 heteroatoms. The van der Waals surface area contributed by atoms with Crippen molar-refractivity contribution >= 4 is 22.1 Å². The van der Waals surface area contributed by atoms with Crippen molar-refractivity contribution in [3.8, 4) is 0 Å². The number of aliphatic hydroxyl groups excluding tert-OH is 3. The van der Waals surface area contributed by atoms with Crippen LogP contribution in [0.15, 0.2) is 72.9 Å². The highest BCUT2D eigenvalue weighted by molar-refractivity contribution is 7.85. The average Bonchev–Trinajstić information content (AvgIpc) is 3.18. The van der Waals surface area contributed by atoms with Crippen LogP contribution in [-0.2, 0) is 38.7 Å². The molecule has 2 unspecified atom stereocenters. The topological polar surface area (TPSA) is 186 Å². The van der Waals surface area contributed by atoms with Crippen LogP contribution in [0.5, 0.6) is 0 Å². The molecule has 0 saturated carbocycles. The molecule has 1 aliphatic heterocycles. The molecule has 0 aromatic carbocycles. The minimum absolute atomic E-state index is 0.103. The van der Waals surface area contributed by atoms with Gasteiger partial charge in [-0.15, -0.1) is 0 Å². The van der Waals surface area contributed by atoms with Crippen molar-refractivity contribution in [3.63, 3.8) is 0 Å². The summed E-state index contributed by atoms with van der Waals surface area (Å²) in [5, 5.41) is 30.8. The number of allylic oxidation sites excluding steroid dienone is 12. The molecule has 12 nitrogen and oxygen atoms in total. The van der Waals surface area contributed by atoms with E-state index in [4.69, 9.17) is 18.9 Å². The molecule has 0 aromatic heterocycles. The maximum atomic E-state index is 12.8. The summed E-state index contributed by atoms with van der Waals surface area (Å²) < 4.78 is 53.9. The van der Waals surface area contributed by atoms with Gasteiger partial charge in [0.05, 0.1) is 6.61 Å². The Morgan fingerprint density at radius 2 is 1.02 bits per heavy atom. The van der Waals surface area contributed by atoms with Gasteiger partial charge in [0.25, 0.3) is 10.1 Å². The van der Waals surface area contributed by atoms with Gasteiger partial charge in [0.15, 0.2) is 12.4 Å². The highest BCUT2D eigenvalue weighted by atomic mass is 32.2. The zero-order valence-corrected chi connectivity index (χ0v) is 35.9. The minimum atomic E-state index is -4.61. The number of unbranched alkanes of at least 4 members (excludes halogenated alkanes) is 10. The van der Waals surface area contributed by atoms with Crippen LogP contribution in [0.1, 0.15) is 142 Å². The van der Waals surface area contributed by atoms with Crippen LogP contribution in [0.2, 0.25) is 0 Å². The normalized spacial score (nSPS) is 21.1. The number of ether oxygens (including phenoxy) is 4. The van der Waals surface area contributed by atoms with Gasteiger partial charge in [0.1, 0.15) is 36.8 Å². The minimum Gasteiger partial charge on any atom is -0.462 e. The first kappa shape index (κ1) is 53.1. The molecule has 0 aliphatic carbocycles. The third-order valence-electron chi connectivity index (χ3n) is 9.26. The molecule has 0 aromatic rings. The molecule has 0 amide bonds. The zero-order valence-electron chi connectivity index (χ0n) is 35.1. The van der Waals surface area contributed by atoms with E-state index >= 15 is 0 Å². The maximum absolute atomic E-state index is 12.8. The van der Waals surface area contributed by atoms with Gasteiger partial charge in [0, 0.05) is 12.8 Å². The smallest absolute Gasteiger partial charge is 0.306 e. The molecule has 1 heterocycles. The second kappa shape index (κ2) is 34.9. The molecule has 1 rings (SSSR count). The molecule has 1 fully saturated rings. The lowest BCUT2D eigenvalue weighted by Crippen LogP contribution is -2.60. The molecule has 1 aliphatic rings. The van der Waals surface area contributed by atoms with E-state index in [0.717, 1.165) is 64.2 Å². The molecule has 0 bridgehead atoms. The Morgan fingerprint density at radius 3 is 1.47 bits per heavy atom. The molecular formula is C45H74O12S. The summed E-state index contributed by atoms with van der Waals surface area (Å²) in [6, 6.07) is 0. The Morgan fingerprint density at radius 1 is 0.586 bits per heavy atom. The zero-order chi connectivity index (χ0) is 42.7. The lowest BCUT2D eigenvalue weighted by atomic mass is 10.00. The fourth-order valence-corrected chi connectivity index (χ4v) is 6.55. The summed E-state index contributed by atoms with van der Waals surface area (Å²) in [6.45, 7) is 3.61. The largest absolute Gasteiger partial charge is 0.462 e. The summed E-state index contributed by atoms with van der Waals surface area (Å²) in [7, 11) is -4.61. The van der Waals surface area contributed by atoms with E-state index in [1.807, 2.05) is 0 Å². The number of esters is 2. The number of hydrogen-bond donors (Lipinski definition) is 4. The quantitative estimate of drug-likeness (QED) is 0.0210. The van der Waals surface area contributed by atoms with Crippen LogP contribution >= 0.6 is 0 Å². The highest BCUT2D eigenvalue weighted by Crippen LogP contribution is 2.24. The number of aliphatic hydroxyl groups is 3. The van der Waals surface area contributed by atoms with E-state index in [1.54, 1.807) is 0 Å². The summed E-state index contributed by atoms with van der Waals surface area (Å²) in [5.41, 5.74) is 0. The van der Waals surface area contributed by atoms with E-state index < -0.39 is 71.2 Å². The van der Waals surface area contributed by atoms with Gasteiger partial charge in [-0.2, -0.15) is 8.42 Å². The van der Waals surface area contributed by atoms with Gasteiger partial charge in [-0.3, -0.25) is 14.1 Å². The summed E-state index contributed by atoms with van der Waals surface area (Å²) >= 11 is 0. The number of carbonyl (C=O) groups excluding carboxylic acids is 2. The number of rotatable bonds is 34. The molecule has 4 N–H and O–H groups in total. The Labute approximate surface area is 348 Å². The number of carbonyl (C=O) groups is 2. The van der Waals surface area contributed by atoms with Gasteiger partial charge in [-0.05, 0) is 89.9 Å². The third kappa shape index (κ3) is 29.3. The Hall–Kier alpha value is -2.91. The van der Waals surface area contributed by atoms with E-state index in [2.05, 4.69) is 86.8 Å². The monoisotopic (exact) mass is 838 g/mol. The van der Waals surface area contributed by atoms with Crippen molar-refractivity contribution in [1.29, 1.82) is 0 Å². The first-order chi connectivity index (χ1) is 28.0. The Bertz CT molecular complexity index is 1350. The first-order valence-corrected chi connectivity index (χ1v) is 23.1. The van der Waals surface area contributed by atoms with E-state index in [0.29, 0.717) is 12.8 Å². The second-order valence-electron chi connectivity index (χ2n) is 14.6. The molecule has 58 heavy (non-hydrogen) atoms. The first-order valence-electron chi connectivity index (χ1n) is 21.5. The van der Waals surface area contributed by atoms with Gasteiger partial charge in [-0.25, -0.2) is 0 Å². The molecular weight excluding hydrogens is 765 g/mol. The van der Waals surface area contributed by atoms with Gasteiger partial charge >= 0.3 is 11.9 Å². The van der Waals surface area contributed by atoms with E-state index in [1.165, 1.54) is 38.5 Å². The van der Waals surface area contributed by atoms with Crippen LogP contribution in [-0.4, -0.2) is 96.0 Å². The predicted molar refractivity (Wildman–Crippen MR) is 228 cm³/mol. The van der Waals surface area contributed by atoms with Gasteiger partial charge in [-0.1, -0.05) is 112 Å². The van der Waals surface area contributed by atoms with Crippen LogP contribution in [0.4, 0.5) is 0 Å².